The van der Waals surface area contributed by atoms with Crippen molar-refractivity contribution in [3.05, 3.63) is 59.7 Å². The lowest BCUT2D eigenvalue weighted by Crippen LogP contribution is -2.41. The Hall–Kier alpha value is -2.29. The Kier molecular flexibility index (Phi) is 4.14. The second-order valence-corrected chi connectivity index (χ2v) is 5.70. The number of nitrogens with zero attached hydrogens (tertiary/aromatic N) is 1. The fourth-order valence-electron chi connectivity index (χ4n) is 2.90. The molecule has 0 radical (unpaired) electrons. The molecule has 3 rings (SSSR count). The minimum absolute atomic E-state index is 0.0500. The Balaban J connectivity index is 1.78. The number of hydrogen-bond acceptors (Lipinski definition) is 2. The van der Waals surface area contributed by atoms with Crippen molar-refractivity contribution in [3.63, 3.8) is 0 Å². The van der Waals surface area contributed by atoms with Crippen molar-refractivity contribution >= 4 is 11.6 Å². The van der Waals surface area contributed by atoms with Gasteiger partial charge in [-0.25, -0.2) is 0 Å². The number of aryl methyl sites for hydroxylation is 1. The first kappa shape index (κ1) is 14.6. The van der Waals surface area contributed by atoms with Crippen molar-refractivity contribution < 1.29 is 9.53 Å². The molecule has 1 aliphatic rings. The molecule has 3 heteroatoms. The smallest absolute Gasteiger partial charge is 0.268 e. The Bertz CT molecular complexity index is 681. The first-order valence-corrected chi connectivity index (χ1v) is 7.81. The fourth-order valence-corrected chi connectivity index (χ4v) is 2.90. The summed E-state index contributed by atoms with van der Waals surface area (Å²) in [6.45, 7) is 4.75. The summed E-state index contributed by atoms with van der Waals surface area (Å²) in [4.78, 5) is 14.7. The lowest BCUT2D eigenvalue weighted by molar-refractivity contribution is -0.125. The highest BCUT2D eigenvalue weighted by molar-refractivity contribution is 5.98. The standard InChI is InChI=1S/C19H21NO2/c1-3-18(22-16-9-6-7-14(2)13-16)19(21)20-12-11-15-8-4-5-10-17(15)20/h4-10,13,18H,3,11-12H2,1-2H3/t18-/m0/s1. The Morgan fingerprint density at radius 3 is 2.82 bits per heavy atom. The molecule has 1 atom stereocenters. The molecule has 0 spiro atoms. The summed E-state index contributed by atoms with van der Waals surface area (Å²) < 4.78 is 5.94. The topological polar surface area (TPSA) is 29.5 Å². The van der Waals surface area contributed by atoms with Crippen molar-refractivity contribution in [1.29, 1.82) is 0 Å². The molecule has 3 nitrogen and oxygen atoms in total. The number of fused-ring (bicyclic) bond motifs is 1. The summed E-state index contributed by atoms with van der Waals surface area (Å²) in [5.74, 6) is 0.807. The van der Waals surface area contributed by atoms with Crippen LogP contribution in [0.1, 0.15) is 24.5 Å². The molecule has 114 valence electrons. The van der Waals surface area contributed by atoms with Gasteiger partial charge in [0.1, 0.15) is 5.75 Å². The number of benzene rings is 2. The lowest BCUT2D eigenvalue weighted by Gasteiger charge is -2.24. The predicted octanol–water partition coefficient (Wildman–Crippen LogP) is 3.74. The van der Waals surface area contributed by atoms with Crippen LogP contribution >= 0.6 is 0 Å². The molecular weight excluding hydrogens is 274 g/mol. The third kappa shape index (κ3) is 2.84. The number of carbonyl (C=O) groups is 1. The van der Waals surface area contributed by atoms with Crippen LogP contribution in [0.5, 0.6) is 5.75 Å². The van der Waals surface area contributed by atoms with Crippen LogP contribution in [-0.4, -0.2) is 18.6 Å². The number of para-hydroxylation sites is 1. The summed E-state index contributed by atoms with van der Waals surface area (Å²) in [5.41, 5.74) is 3.39. The van der Waals surface area contributed by atoms with Gasteiger partial charge in [0.05, 0.1) is 0 Å². The van der Waals surface area contributed by atoms with Crippen LogP contribution in [0.25, 0.3) is 0 Å². The number of anilines is 1. The lowest BCUT2D eigenvalue weighted by atomic mass is 10.1. The van der Waals surface area contributed by atoms with E-state index in [4.69, 9.17) is 4.74 Å². The highest BCUT2D eigenvalue weighted by atomic mass is 16.5. The molecule has 1 aliphatic heterocycles. The third-order valence-corrected chi connectivity index (χ3v) is 4.07. The van der Waals surface area contributed by atoms with Gasteiger partial charge in [-0.3, -0.25) is 4.79 Å². The molecule has 22 heavy (non-hydrogen) atoms. The van der Waals surface area contributed by atoms with Gasteiger partial charge in [-0.05, 0) is 49.1 Å². The molecule has 0 saturated heterocycles. The predicted molar refractivity (Wildman–Crippen MR) is 88.4 cm³/mol. The van der Waals surface area contributed by atoms with Gasteiger partial charge < -0.3 is 9.64 Å². The van der Waals surface area contributed by atoms with Gasteiger partial charge in [0.15, 0.2) is 6.10 Å². The molecule has 0 bridgehead atoms. The molecule has 0 aliphatic carbocycles. The summed E-state index contributed by atoms with van der Waals surface area (Å²) in [6, 6.07) is 15.9. The van der Waals surface area contributed by atoms with Gasteiger partial charge in [0.2, 0.25) is 0 Å². The van der Waals surface area contributed by atoms with Gasteiger partial charge in [-0.2, -0.15) is 0 Å². The van der Waals surface area contributed by atoms with Crippen molar-refractivity contribution in [3.8, 4) is 5.75 Å². The van der Waals surface area contributed by atoms with E-state index in [1.54, 1.807) is 0 Å². The van der Waals surface area contributed by atoms with E-state index in [0.29, 0.717) is 6.42 Å². The van der Waals surface area contributed by atoms with Crippen LogP contribution in [0.15, 0.2) is 48.5 Å². The van der Waals surface area contributed by atoms with E-state index >= 15 is 0 Å². The highest BCUT2D eigenvalue weighted by Crippen LogP contribution is 2.29. The van der Waals surface area contributed by atoms with E-state index in [-0.39, 0.29) is 5.91 Å². The monoisotopic (exact) mass is 295 g/mol. The van der Waals surface area contributed by atoms with Gasteiger partial charge in [0, 0.05) is 12.2 Å². The quantitative estimate of drug-likeness (QED) is 0.860. The normalized spacial score (nSPS) is 14.5. The average Bonchev–Trinajstić information content (AvgIpc) is 2.96. The average molecular weight is 295 g/mol. The molecule has 0 unspecified atom stereocenters. The van der Waals surface area contributed by atoms with Crippen molar-refractivity contribution in [1.82, 2.24) is 0 Å². The van der Waals surface area contributed by atoms with Crippen LogP contribution in [0.4, 0.5) is 5.69 Å². The highest BCUT2D eigenvalue weighted by Gasteiger charge is 2.30. The largest absolute Gasteiger partial charge is 0.481 e. The molecule has 2 aromatic carbocycles. The maximum Gasteiger partial charge on any atom is 0.268 e. The minimum Gasteiger partial charge on any atom is -0.481 e. The van der Waals surface area contributed by atoms with Crippen LogP contribution in [-0.2, 0) is 11.2 Å². The zero-order chi connectivity index (χ0) is 15.5. The van der Waals surface area contributed by atoms with Crippen LogP contribution in [0, 0.1) is 6.92 Å². The third-order valence-electron chi connectivity index (χ3n) is 4.07. The second kappa shape index (κ2) is 6.22. The van der Waals surface area contributed by atoms with E-state index in [2.05, 4.69) is 6.07 Å². The van der Waals surface area contributed by atoms with E-state index in [1.807, 2.05) is 61.2 Å². The number of amides is 1. The van der Waals surface area contributed by atoms with E-state index < -0.39 is 6.10 Å². The Morgan fingerprint density at radius 1 is 1.23 bits per heavy atom. The Morgan fingerprint density at radius 2 is 2.05 bits per heavy atom. The van der Waals surface area contributed by atoms with Gasteiger partial charge in [-0.1, -0.05) is 37.3 Å². The SMILES string of the molecule is CC[C@H](Oc1cccc(C)c1)C(=O)N1CCc2ccccc21. The number of carbonyl (C=O) groups excluding carboxylic acids is 1. The maximum atomic E-state index is 12.8. The molecule has 1 heterocycles. The maximum absolute atomic E-state index is 12.8. The zero-order valence-corrected chi connectivity index (χ0v) is 13.1. The summed E-state index contributed by atoms with van der Waals surface area (Å²) in [7, 11) is 0. The molecule has 0 N–H and O–H groups in total. The number of hydrogen-bond donors (Lipinski definition) is 0. The minimum atomic E-state index is -0.437. The van der Waals surface area contributed by atoms with E-state index in [0.717, 1.165) is 30.0 Å². The molecule has 2 aromatic rings. The Labute approximate surface area is 131 Å². The zero-order valence-electron chi connectivity index (χ0n) is 13.1. The van der Waals surface area contributed by atoms with Crippen LogP contribution in [0.3, 0.4) is 0 Å². The summed E-state index contributed by atoms with van der Waals surface area (Å²) >= 11 is 0. The van der Waals surface area contributed by atoms with E-state index in [1.165, 1.54) is 5.56 Å². The number of rotatable bonds is 4. The van der Waals surface area contributed by atoms with Crippen LogP contribution in [0.2, 0.25) is 0 Å². The molecule has 0 aromatic heterocycles. The summed E-state index contributed by atoms with van der Waals surface area (Å²) in [5, 5.41) is 0. The van der Waals surface area contributed by atoms with Gasteiger partial charge >= 0.3 is 0 Å². The van der Waals surface area contributed by atoms with Crippen molar-refractivity contribution in [2.24, 2.45) is 0 Å². The molecule has 0 saturated carbocycles. The first-order valence-electron chi connectivity index (χ1n) is 7.81. The fraction of sp³-hybridized carbons (Fsp3) is 0.316. The second-order valence-electron chi connectivity index (χ2n) is 5.70. The van der Waals surface area contributed by atoms with Gasteiger partial charge in [-0.15, -0.1) is 0 Å². The van der Waals surface area contributed by atoms with Gasteiger partial charge in [0.25, 0.3) is 5.91 Å². The van der Waals surface area contributed by atoms with Crippen molar-refractivity contribution in [2.45, 2.75) is 32.8 Å². The molecular formula is C19H21NO2. The van der Waals surface area contributed by atoms with Crippen LogP contribution < -0.4 is 9.64 Å². The van der Waals surface area contributed by atoms with Crippen molar-refractivity contribution in [2.75, 3.05) is 11.4 Å². The number of ether oxygens (including phenoxy) is 1. The van der Waals surface area contributed by atoms with E-state index in [9.17, 15) is 4.79 Å². The first-order chi connectivity index (χ1) is 10.7. The molecule has 0 fully saturated rings. The summed E-state index contributed by atoms with van der Waals surface area (Å²) in [6.07, 6.45) is 1.14. The molecule has 1 amide bonds.